The van der Waals surface area contributed by atoms with Crippen LogP contribution in [0.4, 0.5) is 5.69 Å². The van der Waals surface area contributed by atoms with E-state index in [2.05, 4.69) is 22.9 Å². The first kappa shape index (κ1) is 18.8. The molecule has 0 radical (unpaired) electrons. The standard InChI is InChI=1S/C22H24N4OS/c1-13-15-6-4-5-7-18(15)25-21-20(13)16-12-14(8-9-19(16)26(21)2)24-22(27)17(23)10-11-28-3/h4-9,12,17H,10-11,23H2,1-3H3,(H,24,27)/t17-/m0/s1. The fourth-order valence-electron chi connectivity index (χ4n) is 3.76. The summed E-state index contributed by atoms with van der Waals surface area (Å²) in [5.74, 6) is 0.725. The van der Waals surface area contributed by atoms with Crippen LogP contribution in [0.15, 0.2) is 42.5 Å². The molecule has 0 unspecified atom stereocenters. The zero-order chi connectivity index (χ0) is 19.8. The number of amides is 1. The van der Waals surface area contributed by atoms with Gasteiger partial charge in [-0.25, -0.2) is 4.98 Å². The first-order valence-electron chi connectivity index (χ1n) is 9.34. The molecular formula is C22H24N4OS. The van der Waals surface area contributed by atoms with Gasteiger partial charge in [-0.3, -0.25) is 4.79 Å². The number of nitrogens with zero attached hydrogens (tertiary/aromatic N) is 2. The smallest absolute Gasteiger partial charge is 0.241 e. The Morgan fingerprint density at radius 2 is 2.04 bits per heavy atom. The molecule has 0 bridgehead atoms. The quantitative estimate of drug-likeness (QED) is 0.534. The van der Waals surface area contributed by atoms with Crippen LogP contribution in [0.2, 0.25) is 0 Å². The van der Waals surface area contributed by atoms with Gasteiger partial charge in [-0.2, -0.15) is 11.8 Å². The van der Waals surface area contributed by atoms with Gasteiger partial charge in [0, 0.05) is 28.9 Å². The number of hydrogen-bond acceptors (Lipinski definition) is 4. The van der Waals surface area contributed by atoms with Crippen LogP contribution in [0, 0.1) is 6.92 Å². The van der Waals surface area contributed by atoms with Gasteiger partial charge in [0.25, 0.3) is 0 Å². The fraction of sp³-hybridized carbons (Fsp3) is 0.273. The lowest BCUT2D eigenvalue weighted by atomic mass is 10.0. The monoisotopic (exact) mass is 392 g/mol. The van der Waals surface area contributed by atoms with Crippen LogP contribution in [-0.4, -0.2) is 33.5 Å². The predicted molar refractivity (Wildman–Crippen MR) is 120 cm³/mol. The van der Waals surface area contributed by atoms with E-state index in [1.54, 1.807) is 11.8 Å². The van der Waals surface area contributed by atoms with Gasteiger partial charge in [0.05, 0.1) is 17.1 Å². The SMILES string of the molecule is CSCC[C@H](N)C(=O)Nc1ccc2c(c1)c1c(C)c3ccccc3nc1n2C. The van der Waals surface area contributed by atoms with E-state index in [-0.39, 0.29) is 5.91 Å². The van der Waals surface area contributed by atoms with Crippen LogP contribution >= 0.6 is 11.8 Å². The van der Waals surface area contributed by atoms with Gasteiger partial charge in [-0.05, 0) is 55.2 Å². The third-order valence-electron chi connectivity index (χ3n) is 5.32. The summed E-state index contributed by atoms with van der Waals surface area (Å²) in [6.07, 6.45) is 2.68. The largest absolute Gasteiger partial charge is 0.328 e. The predicted octanol–water partition coefficient (Wildman–Crippen LogP) is 4.21. The lowest BCUT2D eigenvalue weighted by molar-refractivity contribution is -0.117. The highest BCUT2D eigenvalue weighted by Crippen LogP contribution is 2.34. The number of benzene rings is 2. The Labute approximate surface area is 168 Å². The van der Waals surface area contributed by atoms with Crippen molar-refractivity contribution in [2.75, 3.05) is 17.3 Å². The molecule has 0 aliphatic rings. The summed E-state index contributed by atoms with van der Waals surface area (Å²) in [6, 6.07) is 13.7. The molecular weight excluding hydrogens is 368 g/mol. The van der Waals surface area contributed by atoms with E-state index in [4.69, 9.17) is 10.7 Å². The van der Waals surface area contributed by atoms with E-state index < -0.39 is 6.04 Å². The molecule has 0 fully saturated rings. The molecule has 0 saturated heterocycles. The summed E-state index contributed by atoms with van der Waals surface area (Å²) >= 11 is 1.69. The van der Waals surface area contributed by atoms with E-state index in [0.29, 0.717) is 6.42 Å². The van der Waals surface area contributed by atoms with Crippen LogP contribution < -0.4 is 11.1 Å². The summed E-state index contributed by atoms with van der Waals surface area (Å²) in [7, 11) is 2.03. The molecule has 0 aliphatic heterocycles. The van der Waals surface area contributed by atoms with Crippen LogP contribution in [0.25, 0.3) is 32.8 Å². The first-order chi connectivity index (χ1) is 13.5. The fourth-order valence-corrected chi connectivity index (χ4v) is 4.25. The minimum Gasteiger partial charge on any atom is -0.328 e. The Bertz CT molecular complexity index is 1200. The van der Waals surface area contributed by atoms with E-state index in [9.17, 15) is 4.79 Å². The molecule has 4 rings (SSSR count). The summed E-state index contributed by atoms with van der Waals surface area (Å²) in [5.41, 5.74) is 11.0. The molecule has 2 aromatic heterocycles. The molecule has 4 aromatic rings. The van der Waals surface area contributed by atoms with Crippen molar-refractivity contribution < 1.29 is 4.79 Å². The summed E-state index contributed by atoms with van der Waals surface area (Å²) in [6.45, 7) is 2.13. The zero-order valence-corrected chi connectivity index (χ0v) is 17.1. The Morgan fingerprint density at radius 3 is 2.82 bits per heavy atom. The molecule has 28 heavy (non-hydrogen) atoms. The van der Waals surface area contributed by atoms with Gasteiger partial charge in [0.15, 0.2) is 0 Å². The molecule has 1 atom stereocenters. The summed E-state index contributed by atoms with van der Waals surface area (Å²) in [4.78, 5) is 17.3. The van der Waals surface area contributed by atoms with E-state index in [1.165, 1.54) is 5.56 Å². The molecule has 5 nitrogen and oxygen atoms in total. The number of nitrogens with one attached hydrogen (secondary N) is 1. The highest BCUT2D eigenvalue weighted by Gasteiger charge is 2.17. The number of carbonyl (C=O) groups is 1. The lowest BCUT2D eigenvalue weighted by Gasteiger charge is -2.12. The van der Waals surface area contributed by atoms with Crippen molar-refractivity contribution in [1.29, 1.82) is 0 Å². The Balaban J connectivity index is 1.81. The Morgan fingerprint density at radius 1 is 1.25 bits per heavy atom. The number of para-hydroxylation sites is 1. The number of pyridine rings is 1. The molecule has 6 heteroatoms. The normalized spacial score (nSPS) is 12.7. The highest BCUT2D eigenvalue weighted by molar-refractivity contribution is 7.98. The molecule has 0 saturated carbocycles. The van der Waals surface area contributed by atoms with Crippen molar-refractivity contribution in [3.05, 3.63) is 48.0 Å². The maximum absolute atomic E-state index is 12.4. The van der Waals surface area contributed by atoms with Crippen molar-refractivity contribution in [1.82, 2.24) is 9.55 Å². The van der Waals surface area contributed by atoms with Crippen LogP contribution in [0.3, 0.4) is 0 Å². The second-order valence-corrected chi connectivity index (χ2v) is 8.11. The second-order valence-electron chi connectivity index (χ2n) is 7.12. The van der Waals surface area contributed by atoms with Gasteiger partial charge in [0.2, 0.25) is 5.91 Å². The maximum Gasteiger partial charge on any atom is 0.241 e. The molecule has 0 spiro atoms. The minimum absolute atomic E-state index is 0.145. The van der Waals surface area contributed by atoms with Crippen molar-refractivity contribution in [2.45, 2.75) is 19.4 Å². The average molecular weight is 393 g/mol. The third-order valence-corrected chi connectivity index (χ3v) is 5.96. The number of anilines is 1. The number of aryl methyl sites for hydroxylation is 2. The van der Waals surface area contributed by atoms with Crippen molar-refractivity contribution in [3.63, 3.8) is 0 Å². The number of hydrogen-bond donors (Lipinski definition) is 2. The van der Waals surface area contributed by atoms with E-state index >= 15 is 0 Å². The summed E-state index contributed by atoms with van der Waals surface area (Å²) in [5, 5.41) is 6.33. The van der Waals surface area contributed by atoms with Gasteiger partial charge in [-0.1, -0.05) is 18.2 Å². The number of aromatic nitrogens is 2. The van der Waals surface area contributed by atoms with E-state index in [1.807, 2.05) is 49.7 Å². The number of rotatable bonds is 5. The summed E-state index contributed by atoms with van der Waals surface area (Å²) < 4.78 is 2.11. The maximum atomic E-state index is 12.4. The van der Waals surface area contributed by atoms with Crippen LogP contribution in [0.1, 0.15) is 12.0 Å². The lowest BCUT2D eigenvalue weighted by Crippen LogP contribution is -2.36. The second kappa shape index (κ2) is 7.45. The molecule has 0 aliphatic carbocycles. The van der Waals surface area contributed by atoms with Crippen molar-refractivity contribution in [2.24, 2.45) is 12.8 Å². The average Bonchev–Trinajstić information content (AvgIpc) is 2.98. The Kier molecular flexibility index (Phi) is 5.00. The van der Waals surface area contributed by atoms with Gasteiger partial charge < -0.3 is 15.6 Å². The highest BCUT2D eigenvalue weighted by atomic mass is 32.2. The topological polar surface area (TPSA) is 72.9 Å². The Hall–Kier alpha value is -2.57. The van der Waals surface area contributed by atoms with Gasteiger partial charge in [-0.15, -0.1) is 0 Å². The molecule has 144 valence electrons. The molecule has 2 aromatic carbocycles. The zero-order valence-electron chi connectivity index (χ0n) is 16.3. The minimum atomic E-state index is -0.497. The number of fused-ring (bicyclic) bond motifs is 4. The molecule has 1 amide bonds. The van der Waals surface area contributed by atoms with Crippen LogP contribution in [-0.2, 0) is 11.8 Å². The van der Waals surface area contributed by atoms with Crippen LogP contribution in [0.5, 0.6) is 0 Å². The van der Waals surface area contributed by atoms with Crippen molar-refractivity contribution in [3.8, 4) is 0 Å². The van der Waals surface area contributed by atoms with Gasteiger partial charge in [0.1, 0.15) is 5.65 Å². The number of thioether (sulfide) groups is 1. The third kappa shape index (κ3) is 3.12. The number of nitrogens with two attached hydrogens (primary N) is 1. The van der Waals surface area contributed by atoms with E-state index in [0.717, 1.165) is 44.3 Å². The number of carbonyl (C=O) groups excluding carboxylic acids is 1. The molecule has 2 heterocycles. The first-order valence-corrected chi connectivity index (χ1v) is 10.7. The van der Waals surface area contributed by atoms with Gasteiger partial charge >= 0.3 is 0 Å². The molecule has 3 N–H and O–H groups in total. The van der Waals surface area contributed by atoms with Crippen molar-refractivity contribution >= 4 is 56.2 Å².